The molecule has 2 rings (SSSR count). The number of halogens is 2. The van der Waals surface area contributed by atoms with Crippen molar-refractivity contribution in [3.63, 3.8) is 0 Å². The molecule has 1 heterocycles. The highest BCUT2D eigenvalue weighted by Gasteiger charge is 2.07. The first-order valence-corrected chi connectivity index (χ1v) is 5.49. The van der Waals surface area contributed by atoms with Gasteiger partial charge >= 0.3 is 0 Å². The number of alkyl halides is 1. The largest absolute Gasteiger partial charge is 0.255 e. The fourth-order valence-electron chi connectivity index (χ4n) is 1.38. The Morgan fingerprint density at radius 1 is 1.07 bits per heavy atom. The topological polar surface area (TPSA) is 12.9 Å². The first kappa shape index (κ1) is 10.5. The van der Waals surface area contributed by atoms with Gasteiger partial charge in [0.2, 0.25) is 0 Å². The number of nitrogens with zero attached hydrogens (tertiary/aromatic N) is 1. The molecule has 0 unspecified atom stereocenters. The smallest absolute Gasteiger partial charge is 0.0891 e. The second-order valence-electron chi connectivity index (χ2n) is 3.13. The van der Waals surface area contributed by atoms with Crippen molar-refractivity contribution in [1.82, 2.24) is 4.98 Å². The summed E-state index contributed by atoms with van der Waals surface area (Å²) in [7, 11) is 0. The maximum absolute atomic E-state index is 6.20. The van der Waals surface area contributed by atoms with Crippen LogP contribution in [0.5, 0.6) is 0 Å². The summed E-state index contributed by atoms with van der Waals surface area (Å²) in [6.45, 7) is 0. The van der Waals surface area contributed by atoms with Crippen LogP contribution in [0.4, 0.5) is 0 Å². The van der Waals surface area contributed by atoms with Gasteiger partial charge in [-0.1, -0.05) is 41.9 Å². The van der Waals surface area contributed by atoms with E-state index in [-0.39, 0.29) is 0 Å². The quantitative estimate of drug-likeness (QED) is 0.716. The fourth-order valence-corrected chi connectivity index (χ4v) is 1.96. The van der Waals surface area contributed by atoms with Gasteiger partial charge in [0.05, 0.1) is 10.7 Å². The van der Waals surface area contributed by atoms with Gasteiger partial charge in [-0.25, -0.2) is 0 Å². The predicted octanol–water partition coefficient (Wildman–Crippen LogP) is 4.14. The molecule has 0 bridgehead atoms. The van der Waals surface area contributed by atoms with Crippen molar-refractivity contribution >= 4 is 23.2 Å². The van der Waals surface area contributed by atoms with E-state index in [0.717, 1.165) is 16.8 Å². The summed E-state index contributed by atoms with van der Waals surface area (Å²) >= 11 is 12.0. The minimum Gasteiger partial charge on any atom is -0.255 e. The van der Waals surface area contributed by atoms with E-state index in [9.17, 15) is 0 Å². The van der Waals surface area contributed by atoms with Crippen LogP contribution in [0.2, 0.25) is 5.02 Å². The van der Waals surface area contributed by atoms with Gasteiger partial charge in [0.15, 0.2) is 0 Å². The average Bonchev–Trinajstić information content (AvgIpc) is 2.30. The highest BCUT2D eigenvalue weighted by molar-refractivity contribution is 6.34. The Labute approximate surface area is 98.7 Å². The van der Waals surface area contributed by atoms with Crippen LogP contribution in [0.1, 0.15) is 5.56 Å². The zero-order chi connectivity index (χ0) is 10.7. The van der Waals surface area contributed by atoms with Gasteiger partial charge in [-0.3, -0.25) is 4.98 Å². The molecule has 0 aliphatic carbocycles. The normalized spacial score (nSPS) is 10.3. The summed E-state index contributed by atoms with van der Waals surface area (Å²) in [5.74, 6) is 0.404. The summed E-state index contributed by atoms with van der Waals surface area (Å²) in [6.07, 6.45) is 1.73. The molecule has 0 saturated carbocycles. The third-order valence-corrected chi connectivity index (χ3v) is 2.87. The minimum atomic E-state index is 0.404. The second-order valence-corrected chi connectivity index (χ2v) is 3.78. The lowest BCUT2D eigenvalue weighted by atomic mass is 10.1. The summed E-state index contributed by atoms with van der Waals surface area (Å²) in [6, 6.07) is 11.7. The van der Waals surface area contributed by atoms with Crippen molar-refractivity contribution in [3.8, 4) is 11.3 Å². The Kier molecular flexibility index (Phi) is 3.24. The van der Waals surface area contributed by atoms with Crippen LogP contribution < -0.4 is 0 Å². The number of pyridine rings is 1. The van der Waals surface area contributed by atoms with Gasteiger partial charge in [0, 0.05) is 17.6 Å². The molecule has 0 saturated heterocycles. The SMILES string of the molecule is ClCc1ccnc(-c2ccccc2)c1Cl. The second kappa shape index (κ2) is 4.65. The van der Waals surface area contributed by atoms with Crippen molar-refractivity contribution in [3.05, 3.63) is 53.2 Å². The van der Waals surface area contributed by atoms with Crippen molar-refractivity contribution < 1.29 is 0 Å². The van der Waals surface area contributed by atoms with Gasteiger partial charge < -0.3 is 0 Å². The molecule has 76 valence electrons. The average molecular weight is 238 g/mol. The van der Waals surface area contributed by atoms with Crippen LogP contribution in [-0.4, -0.2) is 4.98 Å². The van der Waals surface area contributed by atoms with Crippen molar-refractivity contribution in [2.45, 2.75) is 5.88 Å². The van der Waals surface area contributed by atoms with E-state index in [4.69, 9.17) is 23.2 Å². The van der Waals surface area contributed by atoms with Gasteiger partial charge in [0.25, 0.3) is 0 Å². The molecule has 1 aromatic carbocycles. The molecular formula is C12H9Cl2N. The summed E-state index contributed by atoms with van der Waals surface area (Å²) in [5, 5.41) is 0.638. The monoisotopic (exact) mass is 237 g/mol. The molecule has 1 nitrogen and oxygen atoms in total. The van der Waals surface area contributed by atoms with Crippen LogP contribution in [0.3, 0.4) is 0 Å². The molecule has 15 heavy (non-hydrogen) atoms. The van der Waals surface area contributed by atoms with Crippen LogP contribution >= 0.6 is 23.2 Å². The molecule has 3 heteroatoms. The molecule has 0 amide bonds. The van der Waals surface area contributed by atoms with E-state index in [0.29, 0.717) is 10.9 Å². The molecule has 0 aliphatic heterocycles. The number of hydrogen-bond donors (Lipinski definition) is 0. The number of benzene rings is 1. The maximum atomic E-state index is 6.20. The molecule has 0 fully saturated rings. The lowest BCUT2D eigenvalue weighted by Gasteiger charge is -2.06. The minimum absolute atomic E-state index is 0.404. The van der Waals surface area contributed by atoms with E-state index in [1.807, 2.05) is 36.4 Å². The molecular weight excluding hydrogens is 229 g/mol. The summed E-state index contributed by atoms with van der Waals surface area (Å²) in [4.78, 5) is 4.27. The number of rotatable bonds is 2. The van der Waals surface area contributed by atoms with E-state index in [1.54, 1.807) is 6.20 Å². The van der Waals surface area contributed by atoms with Crippen molar-refractivity contribution in [2.75, 3.05) is 0 Å². The van der Waals surface area contributed by atoms with E-state index in [2.05, 4.69) is 4.98 Å². The molecule has 0 atom stereocenters. The van der Waals surface area contributed by atoms with Crippen molar-refractivity contribution in [2.24, 2.45) is 0 Å². The molecule has 2 aromatic rings. The first-order valence-electron chi connectivity index (χ1n) is 4.57. The van der Waals surface area contributed by atoms with Crippen LogP contribution in [0.25, 0.3) is 11.3 Å². The molecule has 0 N–H and O–H groups in total. The van der Waals surface area contributed by atoms with Crippen LogP contribution in [0, 0.1) is 0 Å². The standard InChI is InChI=1S/C12H9Cl2N/c13-8-10-6-7-15-12(11(10)14)9-4-2-1-3-5-9/h1-7H,8H2. The zero-order valence-electron chi connectivity index (χ0n) is 7.95. The first-order chi connectivity index (χ1) is 7.33. The highest BCUT2D eigenvalue weighted by atomic mass is 35.5. The van der Waals surface area contributed by atoms with Gasteiger partial charge in [-0.15, -0.1) is 11.6 Å². The Hall–Kier alpha value is -1.05. The summed E-state index contributed by atoms with van der Waals surface area (Å²) in [5.41, 5.74) is 2.71. The highest BCUT2D eigenvalue weighted by Crippen LogP contribution is 2.28. The van der Waals surface area contributed by atoms with Crippen LogP contribution in [-0.2, 0) is 5.88 Å². The molecule has 1 aromatic heterocycles. The molecule has 0 aliphatic rings. The number of aromatic nitrogens is 1. The van der Waals surface area contributed by atoms with Crippen molar-refractivity contribution in [1.29, 1.82) is 0 Å². The van der Waals surface area contributed by atoms with Gasteiger partial charge in [-0.2, -0.15) is 0 Å². The Bertz CT molecular complexity index is 454. The van der Waals surface area contributed by atoms with E-state index < -0.39 is 0 Å². The Morgan fingerprint density at radius 3 is 2.47 bits per heavy atom. The Morgan fingerprint density at radius 2 is 1.80 bits per heavy atom. The third-order valence-electron chi connectivity index (χ3n) is 2.16. The van der Waals surface area contributed by atoms with Gasteiger partial charge in [-0.05, 0) is 11.6 Å². The van der Waals surface area contributed by atoms with E-state index in [1.165, 1.54) is 0 Å². The predicted molar refractivity (Wildman–Crippen MR) is 64.2 cm³/mol. The number of hydrogen-bond acceptors (Lipinski definition) is 1. The molecule has 0 spiro atoms. The third kappa shape index (κ3) is 2.14. The van der Waals surface area contributed by atoms with Crippen LogP contribution in [0.15, 0.2) is 42.6 Å². The molecule has 0 radical (unpaired) electrons. The lowest BCUT2D eigenvalue weighted by Crippen LogP contribution is -1.89. The van der Waals surface area contributed by atoms with Gasteiger partial charge in [0.1, 0.15) is 0 Å². The van der Waals surface area contributed by atoms with E-state index >= 15 is 0 Å². The zero-order valence-corrected chi connectivity index (χ0v) is 9.46. The fraction of sp³-hybridized carbons (Fsp3) is 0.0833. The summed E-state index contributed by atoms with van der Waals surface area (Å²) < 4.78 is 0. The maximum Gasteiger partial charge on any atom is 0.0891 e. The lowest BCUT2D eigenvalue weighted by molar-refractivity contribution is 1.27. The Balaban J connectivity index is 2.54.